The summed E-state index contributed by atoms with van der Waals surface area (Å²) in [6, 6.07) is 9.20. The number of fused-ring (bicyclic) bond motifs is 1. The van der Waals surface area contributed by atoms with Crippen LogP contribution in [0.4, 0.5) is 18.9 Å². The normalized spacial score (nSPS) is 11.7. The van der Waals surface area contributed by atoms with E-state index in [-0.39, 0.29) is 32.9 Å². The molecule has 176 valence electrons. The number of rotatable bonds is 5. The average Bonchev–Trinajstić information content (AvgIpc) is 3.26. The van der Waals surface area contributed by atoms with Crippen LogP contribution in [0.2, 0.25) is 5.02 Å². The lowest BCUT2D eigenvalue weighted by Gasteiger charge is -2.12. The van der Waals surface area contributed by atoms with E-state index in [1.807, 2.05) is 0 Å². The van der Waals surface area contributed by atoms with Gasteiger partial charge in [-0.2, -0.15) is 18.3 Å². The molecule has 0 aliphatic heterocycles. The van der Waals surface area contributed by atoms with Gasteiger partial charge in [0.25, 0.3) is 5.91 Å². The molecule has 0 aliphatic rings. The van der Waals surface area contributed by atoms with Crippen molar-refractivity contribution in [1.29, 1.82) is 0 Å². The van der Waals surface area contributed by atoms with Crippen molar-refractivity contribution in [2.75, 3.05) is 5.32 Å². The molecule has 7 nitrogen and oxygen atoms in total. The van der Waals surface area contributed by atoms with Gasteiger partial charge in [0.15, 0.2) is 0 Å². The van der Waals surface area contributed by atoms with Crippen molar-refractivity contribution in [2.45, 2.75) is 26.6 Å². The van der Waals surface area contributed by atoms with Gasteiger partial charge in [0.1, 0.15) is 21.9 Å². The van der Waals surface area contributed by atoms with Gasteiger partial charge in [0.2, 0.25) is 5.91 Å². The number of nitrogens with two attached hydrogens (primary N) is 1. The van der Waals surface area contributed by atoms with Gasteiger partial charge in [-0.15, -0.1) is 11.3 Å². The maximum absolute atomic E-state index is 13.6. The zero-order chi connectivity index (χ0) is 24.8. The number of carbonyl (C=O) groups is 2. The summed E-state index contributed by atoms with van der Waals surface area (Å²) in [6.45, 7) is 3.15. The number of pyridine rings is 1. The summed E-state index contributed by atoms with van der Waals surface area (Å²) in [5, 5.41) is 7.44. The molecule has 3 heterocycles. The number of nitrogens with one attached hydrogen (secondary N) is 1. The fourth-order valence-electron chi connectivity index (χ4n) is 3.53. The Morgan fingerprint density at radius 1 is 1.21 bits per heavy atom. The maximum Gasteiger partial charge on any atom is 0.433 e. The number of carbonyl (C=O) groups excluding carboxylic acids is 2. The highest BCUT2D eigenvalue weighted by atomic mass is 35.5. The number of amides is 2. The van der Waals surface area contributed by atoms with Gasteiger partial charge >= 0.3 is 6.18 Å². The summed E-state index contributed by atoms with van der Waals surface area (Å²) in [4.78, 5) is 28.6. The molecule has 1 aromatic carbocycles. The third-order valence-corrected chi connectivity index (χ3v) is 6.76. The summed E-state index contributed by atoms with van der Waals surface area (Å²) in [5.74, 6) is -1.47. The van der Waals surface area contributed by atoms with Crippen LogP contribution in [0.5, 0.6) is 0 Å². The second-order valence-electron chi connectivity index (χ2n) is 7.46. The molecule has 4 aromatic rings. The van der Waals surface area contributed by atoms with Crippen LogP contribution < -0.4 is 11.1 Å². The molecule has 0 bridgehead atoms. The molecule has 0 fully saturated rings. The van der Waals surface area contributed by atoms with Crippen molar-refractivity contribution >= 4 is 50.7 Å². The lowest BCUT2D eigenvalue weighted by Crippen LogP contribution is -2.22. The van der Waals surface area contributed by atoms with E-state index >= 15 is 0 Å². The number of anilines is 1. The van der Waals surface area contributed by atoms with Crippen molar-refractivity contribution in [2.24, 2.45) is 5.73 Å². The Morgan fingerprint density at radius 3 is 2.44 bits per heavy atom. The molecule has 0 aliphatic carbocycles. The maximum atomic E-state index is 13.6. The number of nitrogens with zero attached hydrogens (tertiary/aromatic N) is 3. The summed E-state index contributed by atoms with van der Waals surface area (Å²) in [5.41, 5.74) is 6.11. The second kappa shape index (κ2) is 8.73. The minimum atomic E-state index is -4.72. The molecule has 2 amide bonds. The molecule has 0 saturated heterocycles. The largest absolute Gasteiger partial charge is 0.433 e. The number of aromatic nitrogens is 3. The Bertz CT molecular complexity index is 1430. The summed E-state index contributed by atoms with van der Waals surface area (Å²) in [7, 11) is 0. The van der Waals surface area contributed by atoms with Crippen LogP contribution in [0.15, 0.2) is 36.4 Å². The number of alkyl halides is 3. The first kappa shape index (κ1) is 23.7. The van der Waals surface area contributed by atoms with E-state index in [2.05, 4.69) is 15.4 Å². The SMILES string of the molecule is Cc1nn(CC(=O)Nc2c(C(N)=O)sc3nc(C(F)(F)F)cc(-c4ccccc4)c23)c(C)c1Cl. The fourth-order valence-corrected chi connectivity index (χ4v) is 4.67. The van der Waals surface area contributed by atoms with Gasteiger partial charge < -0.3 is 11.1 Å². The third kappa shape index (κ3) is 4.36. The number of benzene rings is 1. The summed E-state index contributed by atoms with van der Waals surface area (Å²) >= 11 is 6.82. The van der Waals surface area contributed by atoms with E-state index in [0.717, 1.165) is 6.07 Å². The second-order valence-corrected chi connectivity index (χ2v) is 8.84. The van der Waals surface area contributed by atoms with E-state index in [9.17, 15) is 22.8 Å². The van der Waals surface area contributed by atoms with Crippen molar-refractivity contribution in [1.82, 2.24) is 14.8 Å². The predicted molar refractivity (Wildman–Crippen MR) is 124 cm³/mol. The van der Waals surface area contributed by atoms with Gasteiger partial charge in [-0.25, -0.2) is 4.98 Å². The zero-order valence-corrected chi connectivity index (χ0v) is 19.4. The van der Waals surface area contributed by atoms with Crippen LogP contribution >= 0.6 is 22.9 Å². The quantitative estimate of drug-likeness (QED) is 0.388. The van der Waals surface area contributed by atoms with Gasteiger partial charge in [0.05, 0.1) is 22.1 Å². The Morgan fingerprint density at radius 2 is 1.88 bits per heavy atom. The van der Waals surface area contributed by atoms with E-state index < -0.39 is 23.7 Å². The molecule has 0 unspecified atom stereocenters. The molecule has 3 aromatic heterocycles. The average molecular weight is 508 g/mol. The first-order valence-electron chi connectivity index (χ1n) is 9.86. The molecule has 3 N–H and O–H groups in total. The number of thiophene rings is 1. The Kier molecular flexibility index (Phi) is 6.09. The lowest BCUT2D eigenvalue weighted by molar-refractivity contribution is -0.140. The molecule has 0 saturated carbocycles. The van der Waals surface area contributed by atoms with Crippen LogP contribution in [-0.2, 0) is 17.5 Å². The van der Waals surface area contributed by atoms with Gasteiger partial charge in [-0.05, 0) is 31.0 Å². The number of primary amides is 1. The minimum Gasteiger partial charge on any atom is -0.365 e. The highest BCUT2D eigenvalue weighted by molar-refractivity contribution is 7.21. The Hall–Kier alpha value is -3.44. The predicted octanol–water partition coefficient (Wildman–Crippen LogP) is 5.19. The van der Waals surface area contributed by atoms with Crippen LogP contribution in [0.3, 0.4) is 0 Å². The van der Waals surface area contributed by atoms with Crippen molar-refractivity contribution in [3.63, 3.8) is 0 Å². The van der Waals surface area contributed by atoms with Gasteiger partial charge in [-0.1, -0.05) is 41.9 Å². The van der Waals surface area contributed by atoms with E-state index in [1.54, 1.807) is 44.2 Å². The molecular weight excluding hydrogens is 491 g/mol. The lowest BCUT2D eigenvalue weighted by atomic mass is 10.0. The van der Waals surface area contributed by atoms with Gasteiger partial charge in [-0.3, -0.25) is 14.3 Å². The summed E-state index contributed by atoms with van der Waals surface area (Å²) < 4.78 is 42.1. The highest BCUT2D eigenvalue weighted by Crippen LogP contribution is 2.43. The van der Waals surface area contributed by atoms with Crippen molar-refractivity contribution in [3.05, 3.63) is 63.4 Å². The summed E-state index contributed by atoms with van der Waals surface area (Å²) in [6.07, 6.45) is -4.72. The number of aryl methyl sites for hydroxylation is 1. The smallest absolute Gasteiger partial charge is 0.365 e. The van der Waals surface area contributed by atoms with Crippen LogP contribution in [0.1, 0.15) is 26.8 Å². The number of hydrogen-bond donors (Lipinski definition) is 2. The third-order valence-electron chi connectivity index (χ3n) is 5.11. The van der Waals surface area contributed by atoms with Gasteiger partial charge in [0, 0.05) is 5.39 Å². The standard InChI is InChI=1S/C22H17ClF3N5O2S/c1-10-17(23)11(2)31(30-10)9-15(32)29-18-16-13(12-6-4-3-5-7-12)8-14(22(24,25)26)28-21(16)34-19(18)20(27)33/h3-8H,9H2,1-2H3,(H2,27,33)(H,29,32). The van der Waals surface area contributed by atoms with Crippen LogP contribution in [-0.4, -0.2) is 26.6 Å². The molecule has 0 radical (unpaired) electrons. The first-order valence-corrected chi connectivity index (χ1v) is 11.1. The number of halogens is 4. The molecule has 12 heteroatoms. The Labute approximate surface area is 200 Å². The number of hydrogen-bond acceptors (Lipinski definition) is 5. The molecule has 0 spiro atoms. The topological polar surface area (TPSA) is 103 Å². The highest BCUT2D eigenvalue weighted by Gasteiger charge is 2.35. The fraction of sp³-hybridized carbons (Fsp3) is 0.182. The first-order chi connectivity index (χ1) is 16.0. The van der Waals surface area contributed by atoms with Crippen molar-refractivity contribution < 1.29 is 22.8 Å². The van der Waals surface area contributed by atoms with E-state index in [1.165, 1.54) is 4.68 Å². The Balaban J connectivity index is 1.88. The molecule has 4 rings (SSSR count). The van der Waals surface area contributed by atoms with Crippen molar-refractivity contribution in [3.8, 4) is 11.1 Å². The van der Waals surface area contributed by atoms with E-state index in [0.29, 0.717) is 33.3 Å². The minimum absolute atomic E-state index is 0.00482. The zero-order valence-electron chi connectivity index (χ0n) is 17.8. The monoisotopic (exact) mass is 507 g/mol. The van der Waals surface area contributed by atoms with Crippen LogP contribution in [0, 0.1) is 13.8 Å². The molecular formula is C22H17ClF3N5O2S. The van der Waals surface area contributed by atoms with E-state index in [4.69, 9.17) is 17.3 Å². The molecule has 0 atom stereocenters. The van der Waals surface area contributed by atoms with Crippen LogP contribution in [0.25, 0.3) is 21.3 Å². The molecule has 34 heavy (non-hydrogen) atoms.